The van der Waals surface area contributed by atoms with Crippen LogP contribution in [0, 0.1) is 17.3 Å². The normalized spacial score (nSPS) is 28.7. The molecule has 0 aromatic carbocycles. The summed E-state index contributed by atoms with van der Waals surface area (Å²) < 4.78 is 0. The van der Waals surface area contributed by atoms with Gasteiger partial charge in [0, 0.05) is 12.5 Å². The summed E-state index contributed by atoms with van der Waals surface area (Å²) in [5.41, 5.74) is 0.288. The molecule has 3 atom stereocenters. The van der Waals surface area contributed by atoms with Crippen LogP contribution in [-0.2, 0) is 4.79 Å². The van der Waals surface area contributed by atoms with E-state index in [-0.39, 0.29) is 23.2 Å². The number of piperidine rings is 1. The number of rotatable bonds is 5. The van der Waals surface area contributed by atoms with Crippen LogP contribution in [0.5, 0.6) is 0 Å². The van der Waals surface area contributed by atoms with Crippen LogP contribution >= 0.6 is 0 Å². The second-order valence-corrected chi connectivity index (χ2v) is 6.07. The summed E-state index contributed by atoms with van der Waals surface area (Å²) in [7, 11) is 0. The van der Waals surface area contributed by atoms with Gasteiger partial charge in [-0.1, -0.05) is 20.3 Å². The summed E-state index contributed by atoms with van der Waals surface area (Å²) in [6, 6.07) is 0. The number of hydrogen-bond donors (Lipinski definition) is 3. The lowest BCUT2D eigenvalue weighted by molar-refractivity contribution is -0.123. The lowest BCUT2D eigenvalue weighted by atomic mass is 9.91. The quantitative estimate of drug-likeness (QED) is 0.683. The third-order valence-corrected chi connectivity index (χ3v) is 4.89. The van der Waals surface area contributed by atoms with Crippen LogP contribution in [-0.4, -0.2) is 36.8 Å². The molecular weight excluding hydrogens is 228 g/mol. The summed E-state index contributed by atoms with van der Waals surface area (Å²) in [5.74, 6) is 0.598. The predicted octanol–water partition coefficient (Wildman–Crippen LogP) is 0.899. The number of amides is 1. The Labute approximate surface area is 110 Å². The van der Waals surface area contributed by atoms with Crippen molar-refractivity contribution >= 4 is 5.91 Å². The number of carbonyl (C=O) groups is 1. The van der Waals surface area contributed by atoms with E-state index in [1.165, 1.54) is 0 Å². The highest BCUT2D eigenvalue weighted by Crippen LogP contribution is 2.58. The van der Waals surface area contributed by atoms with Crippen LogP contribution in [0.25, 0.3) is 0 Å². The van der Waals surface area contributed by atoms with E-state index in [1.54, 1.807) is 0 Å². The first kappa shape index (κ1) is 13.8. The molecule has 1 aliphatic carbocycles. The van der Waals surface area contributed by atoms with Gasteiger partial charge in [0.25, 0.3) is 0 Å². The third kappa shape index (κ3) is 2.86. The van der Waals surface area contributed by atoms with Crippen molar-refractivity contribution in [2.24, 2.45) is 17.3 Å². The fourth-order valence-electron chi connectivity index (χ4n) is 3.00. The van der Waals surface area contributed by atoms with Gasteiger partial charge in [-0.2, -0.15) is 0 Å². The van der Waals surface area contributed by atoms with Crippen LogP contribution in [0.2, 0.25) is 0 Å². The van der Waals surface area contributed by atoms with Gasteiger partial charge in [-0.25, -0.2) is 0 Å². The maximum Gasteiger partial charge on any atom is 0.223 e. The van der Waals surface area contributed by atoms with Crippen molar-refractivity contribution in [1.29, 1.82) is 0 Å². The van der Waals surface area contributed by atoms with Crippen LogP contribution in [0.1, 0.15) is 39.5 Å². The summed E-state index contributed by atoms with van der Waals surface area (Å²) in [4.78, 5) is 12.1. The Kier molecular flexibility index (Phi) is 4.28. The molecular formula is C14H26N2O2. The average molecular weight is 254 g/mol. The number of carbonyl (C=O) groups excluding carboxylic acids is 1. The van der Waals surface area contributed by atoms with Gasteiger partial charge in [-0.15, -0.1) is 0 Å². The number of aliphatic hydroxyl groups is 1. The molecule has 2 aliphatic rings. The Morgan fingerprint density at radius 1 is 1.50 bits per heavy atom. The summed E-state index contributed by atoms with van der Waals surface area (Å²) in [5, 5.41) is 16.1. The lowest BCUT2D eigenvalue weighted by Crippen LogP contribution is -2.38. The predicted molar refractivity (Wildman–Crippen MR) is 71.1 cm³/mol. The number of nitrogens with one attached hydrogen (secondary N) is 2. The molecule has 4 nitrogen and oxygen atoms in total. The largest absolute Gasteiger partial charge is 0.391 e. The molecule has 104 valence electrons. The molecule has 2 fully saturated rings. The monoisotopic (exact) mass is 254 g/mol. The van der Waals surface area contributed by atoms with Crippen LogP contribution in [0.15, 0.2) is 0 Å². The molecule has 1 saturated carbocycles. The zero-order valence-corrected chi connectivity index (χ0v) is 11.5. The van der Waals surface area contributed by atoms with Gasteiger partial charge in [0.2, 0.25) is 5.91 Å². The van der Waals surface area contributed by atoms with Crippen molar-refractivity contribution in [3.8, 4) is 0 Å². The van der Waals surface area contributed by atoms with Crippen molar-refractivity contribution in [3.05, 3.63) is 0 Å². The fraction of sp³-hybridized carbons (Fsp3) is 0.929. The van der Waals surface area contributed by atoms with Crippen molar-refractivity contribution in [1.82, 2.24) is 10.6 Å². The highest BCUT2D eigenvalue weighted by molar-refractivity contribution is 5.82. The Morgan fingerprint density at radius 2 is 2.17 bits per heavy atom. The summed E-state index contributed by atoms with van der Waals surface area (Å²) in [6.07, 6.45) is 3.82. The molecule has 1 heterocycles. The minimum absolute atomic E-state index is 0.152. The maximum atomic E-state index is 12.1. The lowest BCUT2D eigenvalue weighted by Gasteiger charge is -2.23. The van der Waals surface area contributed by atoms with E-state index in [2.05, 4.69) is 17.6 Å². The molecule has 0 aromatic heterocycles. The first-order chi connectivity index (χ1) is 8.59. The SMILES string of the molecule is CCC(C)C(O)CNC(=O)C1CC12CCNCC2. The van der Waals surface area contributed by atoms with Crippen molar-refractivity contribution < 1.29 is 9.90 Å². The minimum Gasteiger partial charge on any atom is -0.391 e. The molecule has 0 bridgehead atoms. The van der Waals surface area contributed by atoms with Gasteiger partial charge < -0.3 is 15.7 Å². The highest BCUT2D eigenvalue weighted by atomic mass is 16.3. The minimum atomic E-state index is -0.415. The fourth-order valence-corrected chi connectivity index (χ4v) is 3.00. The molecule has 0 aromatic rings. The van der Waals surface area contributed by atoms with Gasteiger partial charge in [-0.05, 0) is 43.7 Å². The van der Waals surface area contributed by atoms with Gasteiger partial charge in [0.15, 0.2) is 0 Å². The molecule has 1 amide bonds. The molecule has 1 spiro atoms. The summed E-state index contributed by atoms with van der Waals surface area (Å²) >= 11 is 0. The molecule has 3 unspecified atom stereocenters. The smallest absolute Gasteiger partial charge is 0.223 e. The molecule has 1 saturated heterocycles. The van der Waals surface area contributed by atoms with E-state index in [9.17, 15) is 9.90 Å². The van der Waals surface area contributed by atoms with Gasteiger partial charge in [0.1, 0.15) is 0 Å². The highest BCUT2D eigenvalue weighted by Gasteiger charge is 2.57. The Morgan fingerprint density at radius 3 is 2.78 bits per heavy atom. The Hall–Kier alpha value is -0.610. The van der Waals surface area contributed by atoms with Gasteiger partial charge in [0.05, 0.1) is 6.10 Å². The molecule has 4 heteroatoms. The van der Waals surface area contributed by atoms with Crippen molar-refractivity contribution in [2.45, 2.75) is 45.6 Å². The molecule has 3 N–H and O–H groups in total. The van der Waals surface area contributed by atoms with Crippen molar-refractivity contribution in [2.75, 3.05) is 19.6 Å². The Balaban J connectivity index is 1.73. The van der Waals surface area contributed by atoms with E-state index in [0.717, 1.165) is 38.8 Å². The van der Waals surface area contributed by atoms with Gasteiger partial charge in [-0.3, -0.25) is 4.79 Å². The Bertz CT molecular complexity index is 300. The first-order valence-electron chi connectivity index (χ1n) is 7.25. The van der Waals surface area contributed by atoms with E-state index in [4.69, 9.17) is 0 Å². The average Bonchev–Trinajstić information content (AvgIpc) is 3.09. The van der Waals surface area contributed by atoms with E-state index in [1.807, 2.05) is 6.92 Å². The van der Waals surface area contributed by atoms with Crippen molar-refractivity contribution in [3.63, 3.8) is 0 Å². The number of hydrogen-bond acceptors (Lipinski definition) is 3. The third-order valence-electron chi connectivity index (χ3n) is 4.89. The van der Waals surface area contributed by atoms with E-state index < -0.39 is 6.10 Å². The van der Waals surface area contributed by atoms with E-state index in [0.29, 0.717) is 6.54 Å². The molecule has 18 heavy (non-hydrogen) atoms. The van der Waals surface area contributed by atoms with Gasteiger partial charge >= 0.3 is 0 Å². The zero-order valence-electron chi connectivity index (χ0n) is 11.5. The molecule has 2 rings (SSSR count). The number of aliphatic hydroxyl groups excluding tert-OH is 1. The maximum absolute atomic E-state index is 12.1. The second kappa shape index (κ2) is 5.57. The van der Waals surface area contributed by atoms with Crippen LogP contribution in [0.3, 0.4) is 0 Å². The standard InChI is InChI=1S/C14H26N2O2/c1-3-10(2)12(17)9-16-13(18)11-8-14(11)4-6-15-7-5-14/h10-12,15,17H,3-9H2,1-2H3,(H,16,18). The van der Waals surface area contributed by atoms with Crippen LogP contribution in [0.4, 0.5) is 0 Å². The second-order valence-electron chi connectivity index (χ2n) is 6.07. The van der Waals surface area contributed by atoms with E-state index >= 15 is 0 Å². The topological polar surface area (TPSA) is 61.4 Å². The zero-order chi connectivity index (χ0) is 13.2. The first-order valence-corrected chi connectivity index (χ1v) is 7.25. The molecule has 0 radical (unpaired) electrons. The van der Waals surface area contributed by atoms with Crippen LogP contribution < -0.4 is 10.6 Å². The molecule has 1 aliphatic heterocycles. The summed E-state index contributed by atoms with van der Waals surface area (Å²) in [6.45, 7) is 6.56.